The third-order valence-electron chi connectivity index (χ3n) is 6.44. The largest absolute Gasteiger partial charge is 0.412 e. The summed E-state index contributed by atoms with van der Waals surface area (Å²) >= 11 is 0. The molecule has 1 heterocycles. The van der Waals surface area contributed by atoms with E-state index in [-0.39, 0.29) is 17.3 Å². The highest BCUT2D eigenvalue weighted by Crippen LogP contribution is 2.34. The first-order chi connectivity index (χ1) is 20.4. The lowest BCUT2D eigenvalue weighted by Gasteiger charge is -2.35. The number of rotatable bonds is 14. The standard InChI is InChI=1S/C24H42N6O6.2C4H10.H2O/c1-24(2,3)19(29-23(35)27-10-9-26-11-13-36-4)22(34)30-12-5-6-17(30)21(33)28-16(14-15-7-8-15)18(31)20(25)32;2*1-4(2)3;/h15-17,19,26H,5-14H2,1-4H3,(H2,25,32)(H,28,33)(H2,27,29,35);2*4H,1-3H3;1H2/t16?,17-,19+;;;/m0.../s1. The van der Waals surface area contributed by atoms with Crippen molar-refractivity contribution in [2.45, 2.75) is 113 Å². The topological polar surface area (TPSA) is 203 Å². The molecule has 1 saturated carbocycles. The number of hydrogen-bond donors (Lipinski definition) is 5. The van der Waals surface area contributed by atoms with Gasteiger partial charge in [0.2, 0.25) is 17.6 Å². The SMILES string of the molecule is CC(C)C.CC(C)C.COCCNCCNC(=O)N[C@H](C(=O)N1CCC[C@H]1C(=O)NC(CC1CC1)C(=O)C(N)=O)C(C)(C)C.O. The summed E-state index contributed by atoms with van der Waals surface area (Å²) in [4.78, 5) is 64.4. The first kappa shape index (κ1) is 44.4. The van der Waals surface area contributed by atoms with Crippen molar-refractivity contribution in [2.24, 2.45) is 28.9 Å². The zero-order chi connectivity index (χ0) is 34.0. The zero-order valence-electron chi connectivity index (χ0n) is 29.5. The number of carbonyl (C=O) groups is 5. The van der Waals surface area contributed by atoms with Crippen LogP contribution in [0.3, 0.4) is 0 Å². The van der Waals surface area contributed by atoms with Crippen molar-refractivity contribution in [3.63, 3.8) is 0 Å². The van der Waals surface area contributed by atoms with Crippen LogP contribution in [0.4, 0.5) is 4.79 Å². The van der Waals surface area contributed by atoms with E-state index < -0.39 is 47.2 Å². The number of Topliss-reactive ketones (excluding diaryl/α,β-unsaturated/α-hetero) is 1. The van der Waals surface area contributed by atoms with Crippen LogP contribution in [0.15, 0.2) is 0 Å². The van der Waals surface area contributed by atoms with E-state index in [9.17, 15) is 24.0 Å². The Kier molecular flexibility index (Phi) is 22.4. The van der Waals surface area contributed by atoms with Gasteiger partial charge in [-0.1, -0.05) is 75.2 Å². The first-order valence-electron chi connectivity index (χ1n) is 16.1. The van der Waals surface area contributed by atoms with Crippen molar-refractivity contribution >= 4 is 29.5 Å². The Morgan fingerprint density at radius 1 is 0.889 bits per heavy atom. The number of carbonyl (C=O) groups excluding carboxylic acids is 5. The van der Waals surface area contributed by atoms with Crippen LogP contribution in [-0.4, -0.2) is 97.9 Å². The van der Waals surface area contributed by atoms with E-state index in [2.05, 4.69) is 62.8 Å². The molecule has 0 aromatic heterocycles. The minimum absolute atomic E-state index is 0. The molecule has 0 aromatic carbocycles. The van der Waals surface area contributed by atoms with E-state index in [1.54, 1.807) is 7.11 Å². The lowest BCUT2D eigenvalue weighted by Crippen LogP contribution is -2.60. The maximum absolute atomic E-state index is 13.5. The molecule has 0 radical (unpaired) electrons. The Balaban J connectivity index is 0. The van der Waals surface area contributed by atoms with Gasteiger partial charge in [-0.2, -0.15) is 0 Å². The van der Waals surface area contributed by atoms with Gasteiger partial charge in [-0.15, -0.1) is 0 Å². The number of likely N-dealkylation sites (tertiary alicyclic amines) is 1. The summed E-state index contributed by atoms with van der Waals surface area (Å²) in [6, 6.07) is -3.13. The van der Waals surface area contributed by atoms with Crippen LogP contribution >= 0.6 is 0 Å². The molecule has 2 rings (SSSR count). The smallest absolute Gasteiger partial charge is 0.315 e. The second-order valence-corrected chi connectivity index (χ2v) is 14.1. The van der Waals surface area contributed by atoms with Gasteiger partial charge in [0.1, 0.15) is 12.1 Å². The molecule has 45 heavy (non-hydrogen) atoms. The molecule has 1 aliphatic carbocycles. The highest BCUT2D eigenvalue weighted by Gasteiger charge is 2.43. The van der Waals surface area contributed by atoms with Gasteiger partial charge in [0, 0.05) is 33.3 Å². The lowest BCUT2D eigenvalue weighted by atomic mass is 9.85. The number of methoxy groups -OCH3 is 1. The van der Waals surface area contributed by atoms with E-state index in [1.807, 2.05) is 20.8 Å². The third-order valence-corrected chi connectivity index (χ3v) is 6.44. The summed E-state index contributed by atoms with van der Waals surface area (Å²) < 4.78 is 4.95. The number of ether oxygens (including phenoxy) is 1. The Bertz CT molecular complexity index is 891. The molecular weight excluding hydrogens is 580 g/mol. The molecule has 1 saturated heterocycles. The highest BCUT2D eigenvalue weighted by molar-refractivity contribution is 6.37. The molecule has 1 aliphatic heterocycles. The summed E-state index contributed by atoms with van der Waals surface area (Å²) in [7, 11) is 1.61. The maximum Gasteiger partial charge on any atom is 0.315 e. The number of ketones is 1. The zero-order valence-corrected chi connectivity index (χ0v) is 29.5. The number of nitrogens with one attached hydrogen (secondary N) is 4. The maximum atomic E-state index is 13.5. The van der Waals surface area contributed by atoms with Crippen molar-refractivity contribution in [3.05, 3.63) is 0 Å². The summed E-state index contributed by atoms with van der Waals surface area (Å²) in [5.74, 6) is -0.817. The number of nitrogens with two attached hydrogens (primary N) is 1. The third kappa shape index (κ3) is 20.1. The molecule has 0 bridgehead atoms. The summed E-state index contributed by atoms with van der Waals surface area (Å²) in [5, 5.41) is 11.3. The van der Waals surface area contributed by atoms with Crippen molar-refractivity contribution in [1.29, 1.82) is 0 Å². The number of amides is 5. The van der Waals surface area contributed by atoms with Crippen LogP contribution in [0.2, 0.25) is 0 Å². The fraction of sp³-hybridized carbons (Fsp3) is 0.844. The van der Waals surface area contributed by atoms with Crippen molar-refractivity contribution in [3.8, 4) is 0 Å². The van der Waals surface area contributed by atoms with E-state index in [0.717, 1.165) is 24.7 Å². The molecule has 13 heteroatoms. The highest BCUT2D eigenvalue weighted by atomic mass is 16.5. The summed E-state index contributed by atoms with van der Waals surface area (Å²) in [5.41, 5.74) is 4.56. The van der Waals surface area contributed by atoms with E-state index in [4.69, 9.17) is 10.5 Å². The van der Waals surface area contributed by atoms with Crippen LogP contribution in [0.5, 0.6) is 0 Å². The van der Waals surface area contributed by atoms with Crippen molar-refractivity contribution in [1.82, 2.24) is 26.2 Å². The molecule has 0 spiro atoms. The van der Waals surface area contributed by atoms with Crippen LogP contribution in [0, 0.1) is 23.2 Å². The molecule has 3 atom stereocenters. The van der Waals surface area contributed by atoms with Gasteiger partial charge in [0.05, 0.1) is 12.6 Å². The molecule has 0 aromatic rings. The average molecular weight is 645 g/mol. The van der Waals surface area contributed by atoms with Crippen LogP contribution in [-0.2, 0) is 23.9 Å². The number of hydrogen-bond acceptors (Lipinski definition) is 7. The van der Waals surface area contributed by atoms with Gasteiger partial charge in [0.15, 0.2) is 0 Å². The monoisotopic (exact) mass is 644 g/mol. The van der Waals surface area contributed by atoms with Gasteiger partial charge in [-0.05, 0) is 42.4 Å². The second kappa shape index (κ2) is 22.7. The number of nitrogens with zero attached hydrogens (tertiary/aromatic N) is 1. The lowest BCUT2D eigenvalue weighted by molar-refractivity contribution is -0.143. The molecule has 264 valence electrons. The Labute approximate surface area is 271 Å². The second-order valence-electron chi connectivity index (χ2n) is 14.1. The molecule has 1 unspecified atom stereocenters. The van der Waals surface area contributed by atoms with Crippen LogP contribution < -0.4 is 27.0 Å². The predicted molar refractivity (Wildman–Crippen MR) is 177 cm³/mol. The van der Waals surface area contributed by atoms with E-state index in [1.165, 1.54) is 4.90 Å². The average Bonchev–Trinajstić information content (AvgIpc) is 3.57. The predicted octanol–water partition coefficient (Wildman–Crippen LogP) is 1.77. The quantitative estimate of drug-likeness (QED) is 0.140. The van der Waals surface area contributed by atoms with Crippen LogP contribution in [0.1, 0.15) is 94.4 Å². The van der Waals surface area contributed by atoms with E-state index >= 15 is 0 Å². The van der Waals surface area contributed by atoms with Gasteiger partial charge in [0.25, 0.3) is 5.91 Å². The minimum atomic E-state index is -1.09. The Morgan fingerprint density at radius 3 is 1.91 bits per heavy atom. The molecule has 2 fully saturated rings. The fourth-order valence-corrected chi connectivity index (χ4v) is 4.22. The normalized spacial score (nSPS) is 17.1. The van der Waals surface area contributed by atoms with Gasteiger partial charge < -0.3 is 42.1 Å². The Morgan fingerprint density at radius 2 is 1.44 bits per heavy atom. The van der Waals surface area contributed by atoms with Gasteiger partial charge in [-0.3, -0.25) is 19.2 Å². The molecule has 8 N–H and O–H groups in total. The first-order valence-corrected chi connectivity index (χ1v) is 16.1. The Hall–Kier alpha value is -2.77. The van der Waals surface area contributed by atoms with Gasteiger partial charge in [-0.25, -0.2) is 4.79 Å². The molecule has 5 amide bonds. The molecule has 13 nitrogen and oxygen atoms in total. The summed E-state index contributed by atoms with van der Waals surface area (Å²) in [6.07, 6.45) is 3.28. The van der Waals surface area contributed by atoms with E-state index in [0.29, 0.717) is 52.0 Å². The molecule has 2 aliphatic rings. The fourth-order valence-electron chi connectivity index (χ4n) is 4.22. The van der Waals surface area contributed by atoms with Crippen molar-refractivity contribution < 1.29 is 34.2 Å². The molecular formula is C32H64N6O7. The van der Waals surface area contributed by atoms with Crippen LogP contribution in [0.25, 0.3) is 0 Å². The van der Waals surface area contributed by atoms with Gasteiger partial charge >= 0.3 is 6.03 Å². The minimum Gasteiger partial charge on any atom is -0.412 e. The van der Waals surface area contributed by atoms with Crippen molar-refractivity contribution in [2.75, 3.05) is 39.9 Å². The number of urea groups is 1. The summed E-state index contributed by atoms with van der Waals surface area (Å²) in [6.45, 7) is 21.0. The number of primary amides is 1.